The molecule has 0 saturated carbocycles. The minimum Gasteiger partial charge on any atom is -0.355 e. The molecule has 0 unspecified atom stereocenters. The number of anilines is 1. The first kappa shape index (κ1) is 33.4. The van der Waals surface area contributed by atoms with E-state index in [0.29, 0.717) is 6.54 Å². The molecule has 230 valence electrons. The minimum atomic E-state index is -4.41. The zero-order valence-corrected chi connectivity index (χ0v) is 25.1. The molecule has 0 atom stereocenters. The Hall–Kier alpha value is -5.11. The van der Waals surface area contributed by atoms with E-state index in [0.717, 1.165) is 48.7 Å². The second-order valence-corrected chi connectivity index (χ2v) is 9.74. The molecule has 2 heterocycles. The van der Waals surface area contributed by atoms with Gasteiger partial charge in [0.25, 0.3) is 5.91 Å². The molecule has 0 radical (unpaired) electrons. The molecule has 0 fully saturated rings. The van der Waals surface area contributed by atoms with Crippen molar-refractivity contribution in [3.8, 4) is 11.9 Å². The number of alkyl halides is 3. The number of rotatable bonds is 5. The van der Waals surface area contributed by atoms with Crippen LogP contribution in [0.2, 0.25) is 0 Å². The third-order valence-electron chi connectivity index (χ3n) is 6.81. The Morgan fingerprint density at radius 3 is 2.09 bits per heavy atom. The standard InChI is InChI=1S/C15H19N3O.C9H8F3NO.C9H8N2/c1-4-13-11-16-18(14-9-7-6-8-10-14)15(13)17(5-2)12(3)19;1-13-8(14)6-3-2-4-7(5-6)9(10,11)12;10-7-11-5-8-3-1-2-4-9(8)6-11/h6-11H,4-5H2,1-3H3;2-5H,1H3,(H,13,14);1-4H,5-6H2. The molecule has 11 heteroatoms. The van der Waals surface area contributed by atoms with Gasteiger partial charge in [0.1, 0.15) is 5.82 Å². The van der Waals surface area contributed by atoms with E-state index in [-0.39, 0.29) is 11.5 Å². The van der Waals surface area contributed by atoms with Crippen molar-refractivity contribution in [2.24, 2.45) is 0 Å². The summed E-state index contributed by atoms with van der Waals surface area (Å²) in [7, 11) is 1.36. The van der Waals surface area contributed by atoms with Crippen LogP contribution in [0.3, 0.4) is 0 Å². The van der Waals surface area contributed by atoms with Crippen LogP contribution in [0.25, 0.3) is 5.69 Å². The van der Waals surface area contributed by atoms with Crippen LogP contribution in [0, 0.1) is 11.5 Å². The number of carbonyl (C=O) groups excluding carboxylic acids is 2. The zero-order chi connectivity index (χ0) is 32.3. The Labute approximate surface area is 255 Å². The zero-order valence-electron chi connectivity index (χ0n) is 25.1. The SMILES string of the molecule is CCc1cnn(-c2ccccc2)c1N(CC)C(C)=O.CNC(=O)c1cccc(C(F)(F)F)c1.N#CN1Cc2ccccc2C1. The highest BCUT2D eigenvalue weighted by atomic mass is 19.4. The van der Waals surface area contributed by atoms with Crippen LogP contribution in [0.15, 0.2) is 85.1 Å². The smallest absolute Gasteiger partial charge is 0.355 e. The van der Waals surface area contributed by atoms with Crippen molar-refractivity contribution in [1.82, 2.24) is 20.0 Å². The molecule has 1 N–H and O–H groups in total. The summed E-state index contributed by atoms with van der Waals surface area (Å²) in [6, 6.07) is 22.3. The Balaban J connectivity index is 0.000000187. The first-order valence-corrected chi connectivity index (χ1v) is 14.0. The lowest BCUT2D eigenvalue weighted by Gasteiger charge is -2.21. The number of para-hydroxylation sites is 1. The summed E-state index contributed by atoms with van der Waals surface area (Å²) >= 11 is 0. The normalized spacial score (nSPS) is 11.6. The lowest BCUT2D eigenvalue weighted by atomic mass is 10.1. The van der Waals surface area contributed by atoms with Crippen molar-refractivity contribution >= 4 is 17.6 Å². The van der Waals surface area contributed by atoms with Gasteiger partial charge in [-0.1, -0.05) is 55.5 Å². The van der Waals surface area contributed by atoms with Crippen LogP contribution >= 0.6 is 0 Å². The van der Waals surface area contributed by atoms with Gasteiger partial charge in [0.05, 0.1) is 30.5 Å². The Morgan fingerprint density at radius 1 is 0.977 bits per heavy atom. The molecule has 0 spiro atoms. The minimum absolute atomic E-state index is 0.00215. The molecule has 5 rings (SSSR count). The average molecular weight is 605 g/mol. The lowest BCUT2D eigenvalue weighted by molar-refractivity contribution is -0.137. The van der Waals surface area contributed by atoms with Crippen LogP contribution in [-0.4, -0.2) is 40.1 Å². The van der Waals surface area contributed by atoms with Crippen LogP contribution in [0.5, 0.6) is 0 Å². The number of aromatic nitrogens is 2. The summed E-state index contributed by atoms with van der Waals surface area (Å²) in [6.07, 6.45) is 0.426. The third kappa shape index (κ3) is 8.47. The monoisotopic (exact) mass is 604 g/mol. The maximum absolute atomic E-state index is 12.2. The number of nitrogens with zero attached hydrogens (tertiary/aromatic N) is 5. The molecule has 4 aromatic rings. The Kier molecular flexibility index (Phi) is 11.7. The van der Waals surface area contributed by atoms with E-state index in [1.807, 2.05) is 60.3 Å². The molecular weight excluding hydrogens is 569 g/mol. The highest BCUT2D eigenvalue weighted by molar-refractivity contribution is 5.94. The fourth-order valence-electron chi connectivity index (χ4n) is 4.58. The summed E-state index contributed by atoms with van der Waals surface area (Å²) in [6.45, 7) is 7.85. The largest absolute Gasteiger partial charge is 0.416 e. The molecule has 3 aromatic carbocycles. The summed E-state index contributed by atoms with van der Waals surface area (Å²) in [5, 5.41) is 15.3. The van der Waals surface area contributed by atoms with E-state index in [9.17, 15) is 22.8 Å². The van der Waals surface area contributed by atoms with Crippen molar-refractivity contribution in [2.75, 3.05) is 18.5 Å². The molecule has 0 saturated heterocycles. The molecule has 1 aliphatic rings. The molecule has 8 nitrogen and oxygen atoms in total. The molecule has 0 bridgehead atoms. The summed E-state index contributed by atoms with van der Waals surface area (Å²) < 4.78 is 38.4. The van der Waals surface area contributed by atoms with Crippen LogP contribution in [0.4, 0.5) is 19.0 Å². The first-order chi connectivity index (χ1) is 21.0. The summed E-state index contributed by atoms with van der Waals surface area (Å²) in [5.74, 6) is 0.384. The molecule has 0 aliphatic carbocycles. The van der Waals surface area contributed by atoms with Gasteiger partial charge in [-0.25, -0.2) is 4.68 Å². The predicted octanol–water partition coefficient (Wildman–Crippen LogP) is 6.36. The van der Waals surface area contributed by atoms with E-state index in [2.05, 4.69) is 35.7 Å². The van der Waals surface area contributed by atoms with Gasteiger partial charge in [0.2, 0.25) is 5.91 Å². The fraction of sp³-hybridized carbons (Fsp3) is 0.273. The van der Waals surface area contributed by atoms with Crippen molar-refractivity contribution < 1.29 is 22.8 Å². The topological polar surface area (TPSA) is 94.3 Å². The molecule has 1 aromatic heterocycles. The number of fused-ring (bicyclic) bond motifs is 1. The number of carbonyl (C=O) groups is 2. The number of nitrogens with one attached hydrogen (secondary N) is 1. The molecule has 44 heavy (non-hydrogen) atoms. The quantitative estimate of drug-likeness (QED) is 0.268. The maximum atomic E-state index is 12.2. The van der Waals surface area contributed by atoms with Crippen LogP contribution < -0.4 is 10.2 Å². The molecular formula is C33H35F3N6O2. The fourth-order valence-corrected chi connectivity index (χ4v) is 4.58. The van der Waals surface area contributed by atoms with Crippen LogP contribution in [-0.2, 0) is 30.5 Å². The Morgan fingerprint density at radius 2 is 1.59 bits per heavy atom. The van der Waals surface area contributed by atoms with Crippen LogP contribution in [0.1, 0.15) is 53.4 Å². The van der Waals surface area contributed by atoms with E-state index in [1.165, 1.54) is 30.3 Å². The third-order valence-corrected chi connectivity index (χ3v) is 6.81. The molecule has 2 amide bonds. The van der Waals surface area contributed by atoms with E-state index in [1.54, 1.807) is 16.7 Å². The van der Waals surface area contributed by atoms with Gasteiger partial charge in [0.15, 0.2) is 6.19 Å². The van der Waals surface area contributed by atoms with Crippen molar-refractivity contribution in [3.05, 3.63) is 113 Å². The second kappa shape index (κ2) is 15.4. The highest BCUT2D eigenvalue weighted by Crippen LogP contribution is 2.29. The van der Waals surface area contributed by atoms with E-state index >= 15 is 0 Å². The number of amides is 2. The predicted molar refractivity (Wildman–Crippen MR) is 163 cm³/mol. The van der Waals surface area contributed by atoms with Gasteiger partial charge >= 0.3 is 6.18 Å². The van der Waals surface area contributed by atoms with Gasteiger partial charge in [-0.3, -0.25) is 14.5 Å². The highest BCUT2D eigenvalue weighted by Gasteiger charge is 2.30. The van der Waals surface area contributed by atoms with Gasteiger partial charge in [-0.2, -0.15) is 23.5 Å². The number of nitriles is 1. The lowest BCUT2D eigenvalue weighted by Crippen LogP contribution is -2.30. The van der Waals surface area contributed by atoms with E-state index < -0.39 is 17.6 Å². The number of hydrogen-bond donors (Lipinski definition) is 1. The molecule has 1 aliphatic heterocycles. The first-order valence-electron chi connectivity index (χ1n) is 14.0. The summed E-state index contributed by atoms with van der Waals surface area (Å²) in [5.41, 5.74) is 3.81. The van der Waals surface area contributed by atoms with Crippen molar-refractivity contribution in [2.45, 2.75) is 46.5 Å². The number of aryl methyl sites for hydroxylation is 1. The van der Waals surface area contributed by atoms with E-state index in [4.69, 9.17) is 5.26 Å². The van der Waals surface area contributed by atoms with Gasteiger partial charge in [-0.05, 0) is 54.8 Å². The van der Waals surface area contributed by atoms with Gasteiger partial charge < -0.3 is 10.2 Å². The Bertz CT molecular complexity index is 1570. The maximum Gasteiger partial charge on any atom is 0.416 e. The number of halogens is 3. The number of hydrogen-bond acceptors (Lipinski definition) is 5. The summed E-state index contributed by atoms with van der Waals surface area (Å²) in [4.78, 5) is 26.3. The van der Waals surface area contributed by atoms with Crippen molar-refractivity contribution in [3.63, 3.8) is 0 Å². The van der Waals surface area contributed by atoms with Gasteiger partial charge in [-0.15, -0.1) is 0 Å². The average Bonchev–Trinajstić information content (AvgIpc) is 3.66. The second-order valence-electron chi connectivity index (χ2n) is 9.74. The number of benzene rings is 3. The van der Waals surface area contributed by atoms with Crippen molar-refractivity contribution in [1.29, 1.82) is 5.26 Å². The van der Waals surface area contributed by atoms with Gasteiger partial charge in [0, 0.05) is 31.6 Å².